The van der Waals surface area contributed by atoms with Crippen LogP contribution in [-0.4, -0.2) is 54.8 Å². The van der Waals surface area contributed by atoms with Crippen LogP contribution in [0.1, 0.15) is 18.0 Å². The van der Waals surface area contributed by atoms with Gasteiger partial charge in [-0.1, -0.05) is 12.1 Å². The highest BCUT2D eigenvalue weighted by Gasteiger charge is 2.44. The van der Waals surface area contributed by atoms with Gasteiger partial charge in [-0.05, 0) is 17.7 Å². The minimum atomic E-state index is -0.388. The molecule has 2 atom stereocenters. The molecule has 0 spiro atoms. The summed E-state index contributed by atoms with van der Waals surface area (Å²) in [5.41, 5.74) is 0.809. The Morgan fingerprint density at radius 3 is 2.50 bits per heavy atom. The number of likely N-dealkylation sites (tertiary alicyclic amines) is 1. The first-order valence-electron chi connectivity index (χ1n) is 7.58. The number of nitrogens with one attached hydrogen (secondary N) is 1. The Balaban J connectivity index is 1.86. The zero-order chi connectivity index (χ0) is 15.7. The van der Waals surface area contributed by atoms with E-state index in [0.717, 1.165) is 18.7 Å². The summed E-state index contributed by atoms with van der Waals surface area (Å²) in [6.07, 6.45) is 0.224. The second kappa shape index (κ2) is 6.04. The van der Waals surface area contributed by atoms with Crippen molar-refractivity contribution < 1.29 is 14.0 Å². The van der Waals surface area contributed by atoms with E-state index in [9.17, 15) is 14.0 Å². The highest BCUT2D eigenvalue weighted by molar-refractivity contribution is 5.90. The van der Waals surface area contributed by atoms with E-state index in [0.29, 0.717) is 13.1 Å². The van der Waals surface area contributed by atoms with Gasteiger partial charge in [0.1, 0.15) is 5.82 Å². The molecule has 3 rings (SSSR count). The zero-order valence-corrected chi connectivity index (χ0v) is 12.6. The van der Waals surface area contributed by atoms with E-state index < -0.39 is 0 Å². The molecule has 6 heteroatoms. The third-order valence-corrected chi connectivity index (χ3v) is 4.54. The maximum atomic E-state index is 13.1. The molecule has 0 radical (unpaired) electrons. The topological polar surface area (TPSA) is 52.7 Å². The van der Waals surface area contributed by atoms with Crippen LogP contribution in [0, 0.1) is 11.7 Å². The lowest BCUT2D eigenvalue weighted by Crippen LogP contribution is -2.49. The Labute approximate surface area is 129 Å². The van der Waals surface area contributed by atoms with Gasteiger partial charge in [0.25, 0.3) is 0 Å². The van der Waals surface area contributed by atoms with Crippen LogP contribution in [0.2, 0.25) is 0 Å². The maximum Gasteiger partial charge on any atom is 0.228 e. The molecule has 2 fully saturated rings. The first-order valence-corrected chi connectivity index (χ1v) is 7.58. The molecule has 1 aromatic rings. The zero-order valence-electron chi connectivity index (χ0n) is 12.6. The van der Waals surface area contributed by atoms with Crippen LogP contribution in [0.3, 0.4) is 0 Å². The van der Waals surface area contributed by atoms with Gasteiger partial charge in [0.2, 0.25) is 11.8 Å². The van der Waals surface area contributed by atoms with E-state index in [4.69, 9.17) is 0 Å². The molecule has 0 aromatic heterocycles. The van der Waals surface area contributed by atoms with Crippen LogP contribution in [-0.2, 0) is 9.59 Å². The number of benzene rings is 1. The fourth-order valence-corrected chi connectivity index (χ4v) is 3.33. The summed E-state index contributed by atoms with van der Waals surface area (Å²) in [5.74, 6) is -0.724. The third-order valence-electron chi connectivity index (χ3n) is 4.54. The van der Waals surface area contributed by atoms with Crippen molar-refractivity contribution in [3.63, 3.8) is 0 Å². The molecule has 5 nitrogen and oxygen atoms in total. The van der Waals surface area contributed by atoms with Gasteiger partial charge in [0.05, 0.1) is 12.0 Å². The van der Waals surface area contributed by atoms with Gasteiger partial charge < -0.3 is 15.1 Å². The van der Waals surface area contributed by atoms with Gasteiger partial charge in [-0.25, -0.2) is 4.39 Å². The molecule has 0 aliphatic carbocycles. The van der Waals surface area contributed by atoms with E-state index in [2.05, 4.69) is 5.32 Å². The summed E-state index contributed by atoms with van der Waals surface area (Å²) in [6.45, 7) is 2.90. The van der Waals surface area contributed by atoms with Gasteiger partial charge in [0.15, 0.2) is 0 Å². The van der Waals surface area contributed by atoms with Gasteiger partial charge in [-0.3, -0.25) is 9.59 Å². The molecule has 22 heavy (non-hydrogen) atoms. The number of amides is 2. The fourth-order valence-electron chi connectivity index (χ4n) is 3.33. The van der Waals surface area contributed by atoms with Gasteiger partial charge in [-0.2, -0.15) is 0 Å². The minimum absolute atomic E-state index is 0.0218. The number of hydrogen-bond donors (Lipinski definition) is 1. The van der Waals surface area contributed by atoms with Crippen molar-refractivity contribution in [1.29, 1.82) is 0 Å². The molecule has 1 aromatic carbocycles. The normalized spacial score (nSPS) is 25.6. The predicted molar refractivity (Wildman–Crippen MR) is 79.5 cm³/mol. The summed E-state index contributed by atoms with van der Waals surface area (Å²) in [4.78, 5) is 28.3. The van der Waals surface area contributed by atoms with Crippen molar-refractivity contribution in [3.8, 4) is 0 Å². The molecule has 2 aliphatic heterocycles. The number of halogens is 1. The molecule has 118 valence electrons. The number of rotatable bonds is 2. The van der Waals surface area contributed by atoms with Crippen LogP contribution in [0.15, 0.2) is 24.3 Å². The van der Waals surface area contributed by atoms with Crippen molar-refractivity contribution >= 4 is 11.8 Å². The molecule has 2 amide bonds. The number of nitrogens with zero attached hydrogens (tertiary/aromatic N) is 2. The lowest BCUT2D eigenvalue weighted by molar-refractivity contribution is -0.137. The largest absolute Gasteiger partial charge is 0.340 e. The lowest BCUT2D eigenvalue weighted by Gasteiger charge is -2.32. The number of carbonyl (C=O) groups is 2. The molecule has 2 heterocycles. The average Bonchev–Trinajstić information content (AvgIpc) is 2.84. The first-order chi connectivity index (χ1) is 10.6. The fraction of sp³-hybridized carbons (Fsp3) is 0.500. The Hall–Kier alpha value is -1.95. The molecule has 0 bridgehead atoms. The second-order valence-electron chi connectivity index (χ2n) is 5.89. The van der Waals surface area contributed by atoms with Crippen molar-refractivity contribution in [2.75, 3.05) is 33.2 Å². The average molecular weight is 305 g/mol. The molecule has 0 saturated carbocycles. The third kappa shape index (κ3) is 2.70. The quantitative estimate of drug-likeness (QED) is 0.878. The molecule has 0 unspecified atom stereocenters. The van der Waals surface area contributed by atoms with Crippen LogP contribution in [0.4, 0.5) is 4.39 Å². The number of piperazine rings is 1. The standard InChI is InChI=1S/C16H20FN3O2/c1-19-14(21)10-13(16(22)20-8-6-18-7-9-20)15(19)11-2-4-12(17)5-3-11/h2-5,13,15,18H,6-10H2,1H3/t13-,15+/m0/s1. The second-order valence-corrected chi connectivity index (χ2v) is 5.89. The van der Waals surface area contributed by atoms with E-state index in [1.54, 1.807) is 24.1 Å². The Bertz CT molecular complexity index is 569. The first kappa shape index (κ1) is 15.0. The van der Waals surface area contributed by atoms with Crippen LogP contribution < -0.4 is 5.32 Å². The maximum absolute atomic E-state index is 13.1. The van der Waals surface area contributed by atoms with Crippen molar-refractivity contribution in [3.05, 3.63) is 35.6 Å². The van der Waals surface area contributed by atoms with Crippen molar-refractivity contribution in [2.45, 2.75) is 12.5 Å². The van der Waals surface area contributed by atoms with E-state index in [-0.39, 0.29) is 36.0 Å². The lowest BCUT2D eigenvalue weighted by atomic mass is 9.92. The van der Waals surface area contributed by atoms with E-state index >= 15 is 0 Å². The molecule has 2 saturated heterocycles. The Morgan fingerprint density at radius 1 is 1.23 bits per heavy atom. The van der Waals surface area contributed by atoms with Crippen molar-refractivity contribution in [1.82, 2.24) is 15.1 Å². The number of hydrogen-bond acceptors (Lipinski definition) is 3. The highest BCUT2D eigenvalue weighted by atomic mass is 19.1. The summed E-state index contributed by atoms with van der Waals surface area (Å²) < 4.78 is 13.1. The van der Waals surface area contributed by atoms with Crippen LogP contribution in [0.25, 0.3) is 0 Å². The Kier molecular flexibility index (Phi) is 4.11. The molecule has 1 N–H and O–H groups in total. The van der Waals surface area contributed by atoms with Crippen LogP contribution >= 0.6 is 0 Å². The minimum Gasteiger partial charge on any atom is -0.340 e. The highest BCUT2D eigenvalue weighted by Crippen LogP contribution is 2.38. The van der Waals surface area contributed by atoms with Gasteiger partial charge in [-0.15, -0.1) is 0 Å². The van der Waals surface area contributed by atoms with Gasteiger partial charge >= 0.3 is 0 Å². The molecule has 2 aliphatic rings. The summed E-state index contributed by atoms with van der Waals surface area (Å²) in [7, 11) is 1.71. The van der Waals surface area contributed by atoms with E-state index in [1.165, 1.54) is 12.1 Å². The molecular weight excluding hydrogens is 285 g/mol. The monoisotopic (exact) mass is 305 g/mol. The van der Waals surface area contributed by atoms with E-state index in [1.807, 2.05) is 4.90 Å². The Morgan fingerprint density at radius 2 is 1.86 bits per heavy atom. The summed E-state index contributed by atoms with van der Waals surface area (Å²) in [5, 5.41) is 3.21. The number of carbonyl (C=O) groups excluding carboxylic acids is 2. The van der Waals surface area contributed by atoms with Gasteiger partial charge in [0, 0.05) is 39.6 Å². The SMILES string of the molecule is CN1C(=O)C[C@H](C(=O)N2CCNCC2)[C@H]1c1ccc(F)cc1. The van der Waals surface area contributed by atoms with Crippen molar-refractivity contribution in [2.24, 2.45) is 5.92 Å². The van der Waals surface area contributed by atoms with Crippen LogP contribution in [0.5, 0.6) is 0 Å². The smallest absolute Gasteiger partial charge is 0.228 e. The predicted octanol–water partition coefficient (Wildman–Crippen LogP) is 0.777. The summed E-state index contributed by atoms with van der Waals surface area (Å²) >= 11 is 0. The summed E-state index contributed by atoms with van der Waals surface area (Å²) in [6, 6.07) is 5.76. The molecular formula is C16H20FN3O2.